The summed E-state index contributed by atoms with van der Waals surface area (Å²) in [5, 5.41) is 0.952. The molecule has 90 valence electrons. The summed E-state index contributed by atoms with van der Waals surface area (Å²) in [6.45, 7) is 2.17. The minimum Gasteiger partial charge on any atom is -0.460 e. The Hall–Kier alpha value is -1.77. The summed E-state index contributed by atoms with van der Waals surface area (Å²) in [6.07, 6.45) is 4.41. The van der Waals surface area contributed by atoms with Crippen LogP contribution in [0.15, 0.2) is 28.7 Å². The fraction of sp³-hybridized carbons (Fsp3) is 0.357. The monoisotopic (exact) mass is 231 g/mol. The van der Waals surface area contributed by atoms with E-state index in [0.29, 0.717) is 11.1 Å². The van der Waals surface area contributed by atoms with Crippen LogP contribution in [0.2, 0.25) is 0 Å². The normalized spacial score (nSPS) is 10.9. The van der Waals surface area contributed by atoms with E-state index in [4.69, 9.17) is 10.2 Å². The first kappa shape index (κ1) is 11.7. The smallest absolute Gasteiger partial charge is 0.252 e. The maximum absolute atomic E-state index is 11.2. The van der Waals surface area contributed by atoms with Crippen LogP contribution in [0.3, 0.4) is 0 Å². The lowest BCUT2D eigenvalue weighted by Crippen LogP contribution is -2.10. The molecule has 3 heteroatoms. The number of unbranched alkanes of at least 4 members (excludes halogenated alkanes) is 2. The number of carbonyl (C=O) groups excluding carboxylic acids is 1. The molecule has 2 aromatic rings. The lowest BCUT2D eigenvalue weighted by atomic mass is 10.1. The third-order valence-corrected chi connectivity index (χ3v) is 2.89. The molecule has 0 aliphatic heterocycles. The van der Waals surface area contributed by atoms with Crippen molar-refractivity contribution in [1.82, 2.24) is 0 Å². The van der Waals surface area contributed by atoms with Crippen molar-refractivity contribution in [1.29, 1.82) is 0 Å². The first-order valence-electron chi connectivity index (χ1n) is 6.03. The summed E-state index contributed by atoms with van der Waals surface area (Å²) >= 11 is 0. The maximum atomic E-state index is 11.2. The van der Waals surface area contributed by atoms with Gasteiger partial charge in [0, 0.05) is 11.8 Å². The molecule has 17 heavy (non-hydrogen) atoms. The van der Waals surface area contributed by atoms with Gasteiger partial charge in [-0.3, -0.25) is 4.79 Å². The molecule has 0 saturated carbocycles. The first-order chi connectivity index (χ1) is 8.22. The van der Waals surface area contributed by atoms with Crippen molar-refractivity contribution < 1.29 is 9.21 Å². The molecule has 0 spiro atoms. The zero-order valence-corrected chi connectivity index (χ0v) is 10.0. The second-order valence-electron chi connectivity index (χ2n) is 4.26. The zero-order chi connectivity index (χ0) is 12.3. The average Bonchev–Trinajstić information content (AvgIpc) is 2.71. The number of fused-ring (bicyclic) bond motifs is 1. The fourth-order valence-corrected chi connectivity index (χ4v) is 1.98. The van der Waals surface area contributed by atoms with Gasteiger partial charge in [0.15, 0.2) is 0 Å². The summed E-state index contributed by atoms with van der Waals surface area (Å²) < 4.78 is 5.71. The van der Waals surface area contributed by atoms with Gasteiger partial charge in [-0.05, 0) is 18.6 Å². The molecule has 0 aliphatic rings. The van der Waals surface area contributed by atoms with Gasteiger partial charge < -0.3 is 10.2 Å². The molecule has 0 fully saturated rings. The molecule has 3 nitrogen and oxygen atoms in total. The Balaban J connectivity index is 2.30. The number of para-hydroxylation sites is 1. The van der Waals surface area contributed by atoms with Gasteiger partial charge in [0.05, 0.1) is 5.56 Å². The maximum Gasteiger partial charge on any atom is 0.252 e. The van der Waals surface area contributed by atoms with Crippen LogP contribution in [0.4, 0.5) is 0 Å². The topological polar surface area (TPSA) is 56.2 Å². The third-order valence-electron chi connectivity index (χ3n) is 2.89. The van der Waals surface area contributed by atoms with Gasteiger partial charge in [0.25, 0.3) is 5.91 Å². The molecule has 0 saturated heterocycles. The zero-order valence-electron chi connectivity index (χ0n) is 10.0. The van der Waals surface area contributed by atoms with E-state index in [2.05, 4.69) is 6.92 Å². The lowest BCUT2D eigenvalue weighted by Gasteiger charge is -1.96. The average molecular weight is 231 g/mol. The molecule has 0 radical (unpaired) electrons. The highest BCUT2D eigenvalue weighted by atomic mass is 16.3. The number of hydrogen-bond acceptors (Lipinski definition) is 2. The molecule has 1 aromatic heterocycles. The number of rotatable bonds is 5. The van der Waals surface area contributed by atoms with Gasteiger partial charge in [-0.2, -0.15) is 0 Å². The van der Waals surface area contributed by atoms with E-state index >= 15 is 0 Å². The lowest BCUT2D eigenvalue weighted by molar-refractivity contribution is 0.100. The number of furan rings is 1. The number of aryl methyl sites for hydroxylation is 1. The quantitative estimate of drug-likeness (QED) is 0.803. The molecule has 0 aliphatic carbocycles. The van der Waals surface area contributed by atoms with Gasteiger partial charge in [0.1, 0.15) is 11.3 Å². The Kier molecular flexibility index (Phi) is 3.47. The number of benzene rings is 1. The van der Waals surface area contributed by atoms with Crippen LogP contribution in [0.1, 0.15) is 42.3 Å². The Morgan fingerprint density at radius 3 is 2.88 bits per heavy atom. The molecule has 1 amide bonds. The summed E-state index contributed by atoms with van der Waals surface area (Å²) in [4.78, 5) is 11.2. The Bertz CT molecular complexity index is 528. The summed E-state index contributed by atoms with van der Waals surface area (Å²) in [6, 6.07) is 7.46. The number of carbonyl (C=O) groups is 1. The van der Waals surface area contributed by atoms with Gasteiger partial charge in [0.2, 0.25) is 0 Å². The van der Waals surface area contributed by atoms with Crippen molar-refractivity contribution in [2.75, 3.05) is 0 Å². The van der Waals surface area contributed by atoms with E-state index in [-0.39, 0.29) is 0 Å². The molecule has 0 unspecified atom stereocenters. The van der Waals surface area contributed by atoms with Crippen LogP contribution >= 0.6 is 0 Å². The van der Waals surface area contributed by atoms with E-state index < -0.39 is 5.91 Å². The van der Waals surface area contributed by atoms with Crippen molar-refractivity contribution in [2.45, 2.75) is 32.6 Å². The number of amides is 1. The molecule has 2 N–H and O–H groups in total. The highest BCUT2D eigenvalue weighted by molar-refractivity contribution is 6.04. The molecule has 1 heterocycles. The van der Waals surface area contributed by atoms with Crippen LogP contribution in [0.25, 0.3) is 11.0 Å². The summed E-state index contributed by atoms with van der Waals surface area (Å²) in [5.74, 6) is 0.493. The Morgan fingerprint density at radius 1 is 1.35 bits per heavy atom. The molecule has 2 rings (SSSR count). The van der Waals surface area contributed by atoms with Gasteiger partial charge in [-0.25, -0.2) is 0 Å². The molecular weight excluding hydrogens is 214 g/mol. The highest BCUT2D eigenvalue weighted by Gasteiger charge is 2.11. The minimum atomic E-state index is -0.440. The predicted molar refractivity (Wildman–Crippen MR) is 68.0 cm³/mol. The van der Waals surface area contributed by atoms with Crippen molar-refractivity contribution in [3.8, 4) is 0 Å². The van der Waals surface area contributed by atoms with E-state index in [9.17, 15) is 4.79 Å². The second-order valence-corrected chi connectivity index (χ2v) is 4.26. The van der Waals surface area contributed by atoms with Crippen LogP contribution in [-0.4, -0.2) is 5.91 Å². The van der Waals surface area contributed by atoms with E-state index in [1.807, 2.05) is 18.2 Å². The number of primary amides is 1. The van der Waals surface area contributed by atoms with Gasteiger partial charge >= 0.3 is 0 Å². The first-order valence-corrected chi connectivity index (χ1v) is 6.03. The summed E-state index contributed by atoms with van der Waals surface area (Å²) in [7, 11) is 0. The third kappa shape index (κ3) is 2.49. The molecule has 0 bridgehead atoms. The minimum absolute atomic E-state index is 0.440. The fourth-order valence-electron chi connectivity index (χ4n) is 1.98. The number of nitrogens with two attached hydrogens (primary N) is 1. The summed E-state index contributed by atoms with van der Waals surface area (Å²) in [5.41, 5.74) is 6.39. The predicted octanol–water partition coefficient (Wildman–Crippen LogP) is 3.26. The SMILES string of the molecule is CCCCCc1cc2cccc(C(N)=O)c2o1. The highest BCUT2D eigenvalue weighted by Crippen LogP contribution is 2.24. The van der Waals surface area contributed by atoms with Crippen molar-refractivity contribution >= 4 is 16.9 Å². The van der Waals surface area contributed by atoms with Crippen LogP contribution in [0.5, 0.6) is 0 Å². The Labute approximate surface area is 101 Å². The van der Waals surface area contributed by atoms with E-state index in [1.54, 1.807) is 6.07 Å². The van der Waals surface area contributed by atoms with Gasteiger partial charge in [-0.15, -0.1) is 0 Å². The van der Waals surface area contributed by atoms with E-state index in [1.165, 1.54) is 12.8 Å². The molecule has 1 aromatic carbocycles. The van der Waals surface area contributed by atoms with Crippen LogP contribution in [0, 0.1) is 0 Å². The number of hydrogen-bond donors (Lipinski definition) is 1. The van der Waals surface area contributed by atoms with Gasteiger partial charge in [-0.1, -0.05) is 31.9 Å². The molecular formula is C14H17NO2. The Morgan fingerprint density at radius 2 is 2.18 bits per heavy atom. The standard InChI is InChI=1S/C14H17NO2/c1-2-3-4-7-11-9-10-6-5-8-12(14(15)16)13(10)17-11/h5-6,8-9H,2-4,7H2,1H3,(H2,15,16). The largest absolute Gasteiger partial charge is 0.460 e. The second kappa shape index (κ2) is 5.04. The van der Waals surface area contributed by atoms with Crippen LogP contribution < -0.4 is 5.73 Å². The van der Waals surface area contributed by atoms with E-state index in [0.717, 1.165) is 24.0 Å². The molecule has 0 atom stereocenters. The van der Waals surface area contributed by atoms with Crippen molar-refractivity contribution in [3.63, 3.8) is 0 Å². The van der Waals surface area contributed by atoms with Crippen LogP contribution in [-0.2, 0) is 6.42 Å². The van der Waals surface area contributed by atoms with Crippen molar-refractivity contribution in [2.24, 2.45) is 5.73 Å². The van der Waals surface area contributed by atoms with Crippen molar-refractivity contribution in [3.05, 3.63) is 35.6 Å².